The van der Waals surface area contributed by atoms with Gasteiger partial charge in [0, 0.05) is 30.8 Å². The molecule has 1 aromatic rings. The lowest BCUT2D eigenvalue weighted by atomic mass is 9.99. The predicted octanol–water partition coefficient (Wildman–Crippen LogP) is 3.00. The maximum absolute atomic E-state index is 5.39. The van der Waals surface area contributed by atoms with Crippen LogP contribution in [0, 0.1) is 0 Å². The van der Waals surface area contributed by atoms with E-state index >= 15 is 0 Å². The second kappa shape index (κ2) is 10.5. The smallest absolute Gasteiger partial charge is 0.191 e. The van der Waals surface area contributed by atoms with E-state index in [1.165, 1.54) is 0 Å². The van der Waals surface area contributed by atoms with E-state index in [4.69, 9.17) is 4.52 Å². The van der Waals surface area contributed by atoms with Gasteiger partial charge in [0.2, 0.25) is 0 Å². The molecule has 0 aliphatic heterocycles. The van der Waals surface area contributed by atoms with Crippen LogP contribution in [0.25, 0.3) is 0 Å². The number of nitrogens with one attached hydrogen (secondary N) is 2. The summed E-state index contributed by atoms with van der Waals surface area (Å²) in [5.41, 5.74) is 1.05. The van der Waals surface area contributed by atoms with Gasteiger partial charge in [-0.05, 0) is 26.0 Å². The molecule has 2 N–H and O–H groups in total. The Morgan fingerprint density at radius 3 is 2.71 bits per heavy atom. The molecule has 1 heterocycles. The summed E-state index contributed by atoms with van der Waals surface area (Å²) in [5.74, 6) is 3.19. The lowest BCUT2D eigenvalue weighted by Gasteiger charge is -2.09. The first-order valence-corrected chi connectivity index (χ1v) is 9.11. The summed E-state index contributed by atoms with van der Waals surface area (Å²) in [6, 6.07) is 2.03. The molecule has 0 saturated heterocycles. The van der Waals surface area contributed by atoms with Crippen LogP contribution in [0.4, 0.5) is 0 Å². The average Bonchev–Trinajstić information content (AvgIpc) is 2.95. The Labute approximate surface area is 132 Å². The molecule has 0 atom stereocenters. The normalized spacial score (nSPS) is 12.0. The zero-order chi connectivity index (χ0) is 15.5. The van der Waals surface area contributed by atoms with Crippen LogP contribution in [0.3, 0.4) is 0 Å². The van der Waals surface area contributed by atoms with E-state index in [0.29, 0.717) is 12.5 Å². The monoisotopic (exact) mass is 312 g/mol. The maximum atomic E-state index is 5.39. The van der Waals surface area contributed by atoms with E-state index in [1.54, 1.807) is 0 Å². The highest BCUT2D eigenvalue weighted by Crippen LogP contribution is 2.22. The molecule has 0 fully saturated rings. The number of thioether (sulfide) groups is 1. The van der Waals surface area contributed by atoms with Crippen molar-refractivity contribution in [1.82, 2.24) is 15.8 Å². The average molecular weight is 312 g/mol. The molecule has 1 rings (SSSR count). The lowest BCUT2D eigenvalue weighted by Crippen LogP contribution is -2.38. The molecule has 0 radical (unpaired) electrons. The zero-order valence-electron chi connectivity index (χ0n) is 13.6. The summed E-state index contributed by atoms with van der Waals surface area (Å²) in [6.07, 6.45) is 4.27. The zero-order valence-corrected chi connectivity index (χ0v) is 14.4. The van der Waals surface area contributed by atoms with Gasteiger partial charge in [-0.25, -0.2) is 4.99 Å². The molecule has 0 aliphatic carbocycles. The number of hydrogen-bond donors (Lipinski definition) is 2. The van der Waals surface area contributed by atoms with Gasteiger partial charge in [0.05, 0.1) is 5.69 Å². The molecule has 0 spiro atoms. The Balaban J connectivity index is 2.58. The van der Waals surface area contributed by atoms with Gasteiger partial charge in [-0.2, -0.15) is 11.8 Å². The number of aliphatic imine (C=N–C) groups is 1. The Morgan fingerprint density at radius 1 is 1.33 bits per heavy atom. The quantitative estimate of drug-likeness (QED) is 0.417. The van der Waals surface area contributed by atoms with Gasteiger partial charge in [-0.1, -0.05) is 19.0 Å². The summed E-state index contributed by atoms with van der Waals surface area (Å²) >= 11 is 1.81. The summed E-state index contributed by atoms with van der Waals surface area (Å²) in [5, 5.41) is 10.7. The van der Waals surface area contributed by atoms with Gasteiger partial charge in [0.15, 0.2) is 11.7 Å². The minimum Gasteiger partial charge on any atom is -0.359 e. The van der Waals surface area contributed by atoms with E-state index in [2.05, 4.69) is 47.8 Å². The highest BCUT2D eigenvalue weighted by Gasteiger charge is 2.12. The fourth-order valence-corrected chi connectivity index (χ4v) is 2.38. The van der Waals surface area contributed by atoms with Crippen LogP contribution in [-0.4, -0.2) is 36.2 Å². The topological polar surface area (TPSA) is 62.5 Å². The van der Waals surface area contributed by atoms with Crippen LogP contribution in [0.1, 0.15) is 51.0 Å². The van der Waals surface area contributed by atoms with E-state index in [0.717, 1.165) is 49.1 Å². The number of rotatable bonds is 9. The molecular weight excluding hydrogens is 284 g/mol. The van der Waals surface area contributed by atoms with E-state index in [9.17, 15) is 0 Å². The Bertz CT molecular complexity index is 416. The molecule has 120 valence electrons. The van der Waals surface area contributed by atoms with Crippen molar-refractivity contribution >= 4 is 17.7 Å². The Morgan fingerprint density at radius 2 is 2.10 bits per heavy atom. The largest absolute Gasteiger partial charge is 0.359 e. The van der Waals surface area contributed by atoms with E-state index in [-0.39, 0.29) is 0 Å². The molecule has 0 unspecified atom stereocenters. The summed E-state index contributed by atoms with van der Waals surface area (Å²) < 4.78 is 5.39. The van der Waals surface area contributed by atoms with Gasteiger partial charge >= 0.3 is 0 Å². The van der Waals surface area contributed by atoms with Crippen LogP contribution in [0.15, 0.2) is 15.6 Å². The number of hydrogen-bond acceptors (Lipinski definition) is 4. The molecule has 0 amide bonds. The summed E-state index contributed by atoms with van der Waals surface area (Å²) in [4.78, 5) is 4.53. The highest BCUT2D eigenvalue weighted by molar-refractivity contribution is 7.98. The van der Waals surface area contributed by atoms with Crippen molar-refractivity contribution in [3.05, 3.63) is 17.5 Å². The van der Waals surface area contributed by atoms with Gasteiger partial charge < -0.3 is 15.2 Å². The van der Waals surface area contributed by atoms with Crippen molar-refractivity contribution in [3.63, 3.8) is 0 Å². The van der Waals surface area contributed by atoms with Crippen molar-refractivity contribution in [2.45, 2.75) is 46.1 Å². The Hall–Kier alpha value is -1.17. The number of guanidine groups is 1. The molecule has 0 aliphatic rings. The Kier molecular flexibility index (Phi) is 8.98. The fourth-order valence-electron chi connectivity index (χ4n) is 2.07. The van der Waals surface area contributed by atoms with Crippen molar-refractivity contribution < 1.29 is 4.52 Å². The summed E-state index contributed by atoms with van der Waals surface area (Å²) in [6.45, 7) is 8.69. The third-order valence-corrected chi connectivity index (χ3v) is 3.93. The first-order chi connectivity index (χ1) is 10.2. The molecule has 5 nitrogen and oxygen atoms in total. The number of aromatic nitrogens is 1. The first kappa shape index (κ1) is 17.9. The molecule has 0 aromatic carbocycles. The van der Waals surface area contributed by atoms with E-state index in [1.807, 2.05) is 17.8 Å². The third-order valence-electron chi connectivity index (χ3n) is 3.32. The minimum absolute atomic E-state index is 0.486. The molecule has 21 heavy (non-hydrogen) atoms. The summed E-state index contributed by atoms with van der Waals surface area (Å²) in [7, 11) is 0. The van der Waals surface area contributed by atoms with Crippen LogP contribution in [-0.2, 0) is 6.54 Å². The van der Waals surface area contributed by atoms with Crippen LogP contribution in [0.5, 0.6) is 0 Å². The van der Waals surface area contributed by atoms with Gasteiger partial charge in [0.25, 0.3) is 0 Å². The SMILES string of the molecule is CCNC(=NCc1cc(C(CC)CC)no1)NCCSC. The van der Waals surface area contributed by atoms with Crippen LogP contribution >= 0.6 is 11.8 Å². The minimum atomic E-state index is 0.486. The van der Waals surface area contributed by atoms with Crippen molar-refractivity contribution in [3.8, 4) is 0 Å². The van der Waals surface area contributed by atoms with Gasteiger partial charge in [-0.3, -0.25) is 0 Å². The second-order valence-electron chi connectivity index (χ2n) is 4.85. The van der Waals surface area contributed by atoms with Crippen molar-refractivity contribution in [2.75, 3.05) is 25.1 Å². The number of nitrogens with zero attached hydrogens (tertiary/aromatic N) is 2. The van der Waals surface area contributed by atoms with Crippen LogP contribution < -0.4 is 10.6 Å². The van der Waals surface area contributed by atoms with Crippen molar-refractivity contribution in [2.24, 2.45) is 4.99 Å². The molecule has 0 bridgehead atoms. The molecule has 0 saturated carbocycles. The third kappa shape index (κ3) is 6.42. The van der Waals surface area contributed by atoms with Gasteiger partial charge in [-0.15, -0.1) is 0 Å². The molecular formula is C15H28N4OS. The molecule has 6 heteroatoms. The van der Waals surface area contributed by atoms with Crippen LogP contribution in [0.2, 0.25) is 0 Å². The van der Waals surface area contributed by atoms with Crippen molar-refractivity contribution in [1.29, 1.82) is 0 Å². The standard InChI is InChI=1S/C15H28N4OS/c1-5-12(6-2)14-10-13(20-19-14)11-18-15(16-7-3)17-8-9-21-4/h10,12H,5-9,11H2,1-4H3,(H2,16,17,18). The van der Waals surface area contributed by atoms with E-state index < -0.39 is 0 Å². The first-order valence-electron chi connectivity index (χ1n) is 7.71. The van der Waals surface area contributed by atoms with Gasteiger partial charge in [0.1, 0.15) is 6.54 Å². The highest BCUT2D eigenvalue weighted by atomic mass is 32.2. The predicted molar refractivity (Wildman–Crippen MR) is 91.0 cm³/mol. The fraction of sp³-hybridized carbons (Fsp3) is 0.733. The lowest BCUT2D eigenvalue weighted by molar-refractivity contribution is 0.372. The molecule has 1 aromatic heterocycles. The second-order valence-corrected chi connectivity index (χ2v) is 5.83. The maximum Gasteiger partial charge on any atom is 0.191 e.